The molecule has 0 saturated carbocycles. The molecule has 17 heavy (non-hydrogen) atoms. The standard InChI is InChI=1S/C14H21BrO2/c1-12-3-5-13(6-4-12)14(11-15)7-8-17-10-9-16-2/h3-6,14H,7-11H2,1-2H3. The van der Waals surface area contributed by atoms with Gasteiger partial charge in [-0.3, -0.25) is 0 Å². The van der Waals surface area contributed by atoms with E-state index in [1.165, 1.54) is 11.1 Å². The molecule has 0 spiro atoms. The first kappa shape index (κ1) is 14.7. The average Bonchev–Trinajstić information content (AvgIpc) is 2.35. The minimum absolute atomic E-state index is 0.526. The largest absolute Gasteiger partial charge is 0.382 e. The Morgan fingerprint density at radius 3 is 2.41 bits per heavy atom. The molecule has 96 valence electrons. The van der Waals surface area contributed by atoms with Gasteiger partial charge >= 0.3 is 0 Å². The van der Waals surface area contributed by atoms with Crippen LogP contribution in [0.25, 0.3) is 0 Å². The van der Waals surface area contributed by atoms with Crippen LogP contribution in [-0.4, -0.2) is 32.3 Å². The molecule has 0 saturated heterocycles. The van der Waals surface area contributed by atoms with Crippen LogP contribution in [0.1, 0.15) is 23.5 Å². The molecule has 1 rings (SSSR count). The molecule has 2 nitrogen and oxygen atoms in total. The maximum absolute atomic E-state index is 5.51. The van der Waals surface area contributed by atoms with Crippen molar-refractivity contribution >= 4 is 15.9 Å². The summed E-state index contributed by atoms with van der Waals surface area (Å²) in [6.45, 7) is 4.25. The van der Waals surface area contributed by atoms with Crippen LogP contribution in [-0.2, 0) is 9.47 Å². The number of ether oxygens (including phenoxy) is 2. The minimum atomic E-state index is 0.526. The van der Waals surface area contributed by atoms with E-state index in [0.717, 1.165) is 18.4 Å². The van der Waals surface area contributed by atoms with Gasteiger partial charge < -0.3 is 9.47 Å². The third kappa shape index (κ3) is 5.66. The summed E-state index contributed by atoms with van der Waals surface area (Å²) in [6, 6.07) is 8.74. The zero-order valence-electron chi connectivity index (χ0n) is 10.6. The van der Waals surface area contributed by atoms with Crippen LogP contribution in [0, 0.1) is 6.92 Å². The molecule has 0 aliphatic heterocycles. The van der Waals surface area contributed by atoms with Crippen molar-refractivity contribution in [3.63, 3.8) is 0 Å². The van der Waals surface area contributed by atoms with E-state index in [-0.39, 0.29) is 0 Å². The smallest absolute Gasteiger partial charge is 0.0700 e. The van der Waals surface area contributed by atoms with E-state index in [9.17, 15) is 0 Å². The lowest BCUT2D eigenvalue weighted by atomic mass is 9.97. The van der Waals surface area contributed by atoms with Crippen LogP contribution in [0.3, 0.4) is 0 Å². The van der Waals surface area contributed by atoms with Gasteiger partial charge in [-0.05, 0) is 24.8 Å². The van der Waals surface area contributed by atoms with Crippen molar-refractivity contribution in [1.29, 1.82) is 0 Å². The second-order valence-corrected chi connectivity index (χ2v) is 4.80. The van der Waals surface area contributed by atoms with Gasteiger partial charge in [-0.15, -0.1) is 0 Å². The van der Waals surface area contributed by atoms with E-state index in [4.69, 9.17) is 9.47 Å². The van der Waals surface area contributed by atoms with Gasteiger partial charge in [-0.2, -0.15) is 0 Å². The molecule has 0 amide bonds. The second kappa shape index (κ2) is 8.67. The number of rotatable bonds is 8. The van der Waals surface area contributed by atoms with Crippen molar-refractivity contribution in [2.75, 3.05) is 32.3 Å². The van der Waals surface area contributed by atoms with Gasteiger partial charge in [0.25, 0.3) is 0 Å². The Bertz CT molecular complexity index is 298. The summed E-state index contributed by atoms with van der Waals surface area (Å²) < 4.78 is 10.4. The molecule has 1 aromatic carbocycles. The van der Waals surface area contributed by atoms with E-state index < -0.39 is 0 Å². The molecule has 0 aliphatic rings. The minimum Gasteiger partial charge on any atom is -0.382 e. The third-order valence-corrected chi connectivity index (χ3v) is 3.56. The highest BCUT2D eigenvalue weighted by atomic mass is 79.9. The molecule has 3 heteroatoms. The van der Waals surface area contributed by atoms with E-state index in [1.54, 1.807) is 7.11 Å². The number of benzene rings is 1. The molecule has 0 aromatic heterocycles. The van der Waals surface area contributed by atoms with Gasteiger partial charge in [-0.1, -0.05) is 45.8 Å². The fourth-order valence-corrected chi connectivity index (χ4v) is 2.34. The predicted molar refractivity (Wildman–Crippen MR) is 75.0 cm³/mol. The number of hydrogen-bond donors (Lipinski definition) is 0. The average molecular weight is 301 g/mol. The molecule has 1 atom stereocenters. The monoisotopic (exact) mass is 300 g/mol. The van der Waals surface area contributed by atoms with Gasteiger partial charge in [0, 0.05) is 19.0 Å². The van der Waals surface area contributed by atoms with Crippen LogP contribution in [0.5, 0.6) is 0 Å². The Hall–Kier alpha value is -0.380. The SMILES string of the molecule is COCCOCCC(CBr)c1ccc(C)cc1. The topological polar surface area (TPSA) is 18.5 Å². The highest BCUT2D eigenvalue weighted by molar-refractivity contribution is 9.09. The zero-order valence-corrected chi connectivity index (χ0v) is 12.2. The van der Waals surface area contributed by atoms with E-state index >= 15 is 0 Å². The summed E-state index contributed by atoms with van der Waals surface area (Å²) >= 11 is 3.57. The fourth-order valence-electron chi connectivity index (χ4n) is 1.64. The van der Waals surface area contributed by atoms with Crippen molar-refractivity contribution in [2.24, 2.45) is 0 Å². The number of aryl methyl sites for hydroxylation is 1. The predicted octanol–water partition coefficient (Wildman–Crippen LogP) is 3.53. The molecule has 0 N–H and O–H groups in total. The second-order valence-electron chi connectivity index (χ2n) is 4.16. The van der Waals surface area contributed by atoms with Crippen molar-refractivity contribution in [2.45, 2.75) is 19.3 Å². The highest BCUT2D eigenvalue weighted by Crippen LogP contribution is 2.22. The van der Waals surface area contributed by atoms with Gasteiger partial charge in [0.15, 0.2) is 0 Å². The first-order valence-electron chi connectivity index (χ1n) is 5.97. The Kier molecular flexibility index (Phi) is 7.49. The van der Waals surface area contributed by atoms with Crippen molar-refractivity contribution in [3.8, 4) is 0 Å². The maximum atomic E-state index is 5.51. The lowest BCUT2D eigenvalue weighted by molar-refractivity contribution is 0.0677. The lowest BCUT2D eigenvalue weighted by Crippen LogP contribution is -2.08. The number of alkyl halides is 1. The first-order valence-corrected chi connectivity index (χ1v) is 7.09. The van der Waals surface area contributed by atoms with Gasteiger partial charge in [0.2, 0.25) is 0 Å². The van der Waals surface area contributed by atoms with Crippen molar-refractivity contribution in [1.82, 2.24) is 0 Å². The Morgan fingerprint density at radius 1 is 1.12 bits per heavy atom. The maximum Gasteiger partial charge on any atom is 0.0700 e. The molecule has 1 aromatic rings. The van der Waals surface area contributed by atoms with Gasteiger partial charge in [0.05, 0.1) is 13.2 Å². The summed E-state index contributed by atoms with van der Waals surface area (Å²) in [5.41, 5.74) is 2.68. The van der Waals surface area contributed by atoms with E-state index in [2.05, 4.69) is 47.1 Å². The van der Waals surface area contributed by atoms with Crippen LogP contribution < -0.4 is 0 Å². The Morgan fingerprint density at radius 2 is 1.82 bits per heavy atom. The van der Waals surface area contributed by atoms with E-state index in [1.807, 2.05) is 0 Å². The van der Waals surface area contributed by atoms with Gasteiger partial charge in [-0.25, -0.2) is 0 Å². The summed E-state index contributed by atoms with van der Waals surface area (Å²) in [6.07, 6.45) is 1.04. The normalized spacial score (nSPS) is 12.6. The molecule has 0 aliphatic carbocycles. The molecular weight excluding hydrogens is 280 g/mol. The molecule has 0 heterocycles. The number of hydrogen-bond acceptors (Lipinski definition) is 2. The molecule has 0 fully saturated rings. The van der Waals surface area contributed by atoms with Crippen molar-refractivity contribution in [3.05, 3.63) is 35.4 Å². The molecule has 0 bridgehead atoms. The quantitative estimate of drug-likeness (QED) is 0.540. The van der Waals surface area contributed by atoms with Crippen LogP contribution >= 0.6 is 15.9 Å². The van der Waals surface area contributed by atoms with Gasteiger partial charge in [0.1, 0.15) is 0 Å². The summed E-state index contributed by atoms with van der Waals surface area (Å²) in [4.78, 5) is 0. The zero-order chi connectivity index (χ0) is 12.5. The van der Waals surface area contributed by atoms with Crippen LogP contribution in [0.15, 0.2) is 24.3 Å². The Balaban J connectivity index is 2.35. The fraction of sp³-hybridized carbons (Fsp3) is 0.571. The molecule has 1 unspecified atom stereocenters. The van der Waals surface area contributed by atoms with E-state index in [0.29, 0.717) is 19.1 Å². The highest BCUT2D eigenvalue weighted by Gasteiger charge is 2.09. The summed E-state index contributed by atoms with van der Waals surface area (Å²) in [7, 11) is 1.69. The number of halogens is 1. The first-order chi connectivity index (χ1) is 8.27. The number of methoxy groups -OCH3 is 1. The molecule has 0 radical (unpaired) electrons. The van der Waals surface area contributed by atoms with Crippen LogP contribution in [0.4, 0.5) is 0 Å². The Labute approximate surface area is 112 Å². The summed E-state index contributed by atoms with van der Waals surface area (Å²) in [5, 5.41) is 0.976. The lowest BCUT2D eigenvalue weighted by Gasteiger charge is -2.14. The summed E-state index contributed by atoms with van der Waals surface area (Å²) in [5.74, 6) is 0.526. The van der Waals surface area contributed by atoms with Crippen molar-refractivity contribution < 1.29 is 9.47 Å². The van der Waals surface area contributed by atoms with Crippen LogP contribution in [0.2, 0.25) is 0 Å². The third-order valence-electron chi connectivity index (χ3n) is 2.78. The molecular formula is C14H21BrO2.